The number of aromatic nitrogens is 2. The van der Waals surface area contributed by atoms with Gasteiger partial charge < -0.3 is 15.0 Å². The van der Waals surface area contributed by atoms with Gasteiger partial charge in [-0.3, -0.25) is 4.79 Å². The molecule has 0 aliphatic rings. The lowest BCUT2D eigenvalue weighted by Crippen LogP contribution is -2.14. The summed E-state index contributed by atoms with van der Waals surface area (Å²) < 4.78 is 5.60. The van der Waals surface area contributed by atoms with Gasteiger partial charge in [0, 0.05) is 10.2 Å². The number of esters is 1. The average molecular weight is 420 g/mol. The van der Waals surface area contributed by atoms with Gasteiger partial charge in [0.1, 0.15) is 0 Å². The van der Waals surface area contributed by atoms with Crippen LogP contribution in [0.3, 0.4) is 0 Å². The number of ether oxygens (including phenoxy) is 1. The predicted octanol–water partition coefficient (Wildman–Crippen LogP) is 3.84. The minimum atomic E-state index is -0.412. The second-order valence-corrected chi connectivity index (χ2v) is 6.99. The number of rotatable bonds is 5. The number of H-pyrrole nitrogens is 1. The first-order valence-electron chi connectivity index (χ1n) is 7.31. The predicted molar refractivity (Wildman–Crippen MR) is 101 cm³/mol. The minimum Gasteiger partial charge on any atom is -0.465 e. The standard InChI is InChI=1S/C17H14BrN3O3S/c1-24-16(23)10-2-5-12(6-3-10)19-15(22)9-25-17-20-13-7-4-11(18)8-14(13)21-17/h2-8H,9H2,1H3,(H,19,22)(H,20,21). The molecule has 6 nitrogen and oxygen atoms in total. The van der Waals surface area contributed by atoms with E-state index in [-0.39, 0.29) is 11.7 Å². The van der Waals surface area contributed by atoms with Gasteiger partial charge in [0.15, 0.2) is 5.16 Å². The summed E-state index contributed by atoms with van der Waals surface area (Å²) >= 11 is 4.73. The Kier molecular flexibility index (Phi) is 5.40. The maximum atomic E-state index is 12.1. The van der Waals surface area contributed by atoms with E-state index in [1.807, 2.05) is 18.2 Å². The Balaban J connectivity index is 1.57. The van der Waals surface area contributed by atoms with Gasteiger partial charge in [-0.05, 0) is 42.5 Å². The van der Waals surface area contributed by atoms with Crippen molar-refractivity contribution in [1.82, 2.24) is 9.97 Å². The van der Waals surface area contributed by atoms with Crippen LogP contribution in [-0.2, 0) is 9.53 Å². The van der Waals surface area contributed by atoms with Crippen molar-refractivity contribution in [3.05, 3.63) is 52.5 Å². The van der Waals surface area contributed by atoms with Crippen molar-refractivity contribution in [3.63, 3.8) is 0 Å². The summed E-state index contributed by atoms with van der Waals surface area (Å²) in [5.41, 5.74) is 2.82. The lowest BCUT2D eigenvalue weighted by molar-refractivity contribution is -0.113. The average Bonchev–Trinajstić information content (AvgIpc) is 3.02. The number of methoxy groups -OCH3 is 1. The van der Waals surface area contributed by atoms with Crippen LogP contribution in [0.2, 0.25) is 0 Å². The van der Waals surface area contributed by atoms with Gasteiger partial charge >= 0.3 is 5.97 Å². The highest BCUT2D eigenvalue weighted by molar-refractivity contribution is 9.10. The molecule has 2 N–H and O–H groups in total. The number of imidazole rings is 1. The number of carbonyl (C=O) groups excluding carboxylic acids is 2. The molecule has 0 fully saturated rings. The summed E-state index contributed by atoms with van der Waals surface area (Å²) in [6.45, 7) is 0. The van der Waals surface area contributed by atoms with E-state index in [0.29, 0.717) is 16.4 Å². The van der Waals surface area contributed by atoms with Gasteiger partial charge in [-0.2, -0.15) is 0 Å². The summed E-state index contributed by atoms with van der Waals surface area (Å²) in [6.07, 6.45) is 0. The molecule has 0 saturated heterocycles. The van der Waals surface area contributed by atoms with Gasteiger partial charge in [-0.1, -0.05) is 27.7 Å². The maximum absolute atomic E-state index is 12.1. The third-order valence-electron chi connectivity index (χ3n) is 3.35. The highest BCUT2D eigenvalue weighted by atomic mass is 79.9. The SMILES string of the molecule is COC(=O)c1ccc(NC(=O)CSc2nc3ccc(Br)cc3[nH]2)cc1. The van der Waals surface area contributed by atoms with E-state index < -0.39 is 5.97 Å². The highest BCUT2D eigenvalue weighted by Crippen LogP contribution is 2.22. The quantitative estimate of drug-likeness (QED) is 0.484. The van der Waals surface area contributed by atoms with Crippen LogP contribution in [0.1, 0.15) is 10.4 Å². The molecule has 0 aliphatic heterocycles. The van der Waals surface area contributed by atoms with E-state index in [4.69, 9.17) is 0 Å². The molecular formula is C17H14BrN3O3S. The Morgan fingerprint density at radius 3 is 2.72 bits per heavy atom. The molecule has 8 heteroatoms. The van der Waals surface area contributed by atoms with E-state index in [1.165, 1.54) is 18.9 Å². The van der Waals surface area contributed by atoms with Gasteiger partial charge in [0.2, 0.25) is 5.91 Å². The lowest BCUT2D eigenvalue weighted by atomic mass is 10.2. The zero-order valence-corrected chi connectivity index (χ0v) is 15.6. The smallest absolute Gasteiger partial charge is 0.337 e. The molecule has 0 unspecified atom stereocenters. The van der Waals surface area contributed by atoms with Crippen molar-refractivity contribution in [2.24, 2.45) is 0 Å². The van der Waals surface area contributed by atoms with Gasteiger partial charge in [0.05, 0.1) is 29.5 Å². The Labute approximate surface area is 156 Å². The summed E-state index contributed by atoms with van der Waals surface area (Å²) in [5, 5.41) is 3.46. The summed E-state index contributed by atoms with van der Waals surface area (Å²) in [7, 11) is 1.33. The van der Waals surface area contributed by atoms with E-state index in [9.17, 15) is 9.59 Å². The fourth-order valence-corrected chi connectivity index (χ4v) is 3.21. The first kappa shape index (κ1) is 17.5. The maximum Gasteiger partial charge on any atom is 0.337 e. The van der Waals surface area contributed by atoms with Crippen LogP contribution in [0.4, 0.5) is 5.69 Å². The first-order valence-corrected chi connectivity index (χ1v) is 9.09. The number of fused-ring (bicyclic) bond motifs is 1. The number of carbonyl (C=O) groups is 2. The molecule has 1 heterocycles. The zero-order valence-electron chi connectivity index (χ0n) is 13.2. The monoisotopic (exact) mass is 419 g/mol. The van der Waals surface area contributed by atoms with Crippen LogP contribution in [0.25, 0.3) is 11.0 Å². The Morgan fingerprint density at radius 2 is 2.00 bits per heavy atom. The third kappa shape index (κ3) is 4.40. The van der Waals surface area contributed by atoms with Gasteiger partial charge in [-0.15, -0.1) is 0 Å². The highest BCUT2D eigenvalue weighted by Gasteiger charge is 2.09. The number of anilines is 1. The Morgan fingerprint density at radius 1 is 1.24 bits per heavy atom. The van der Waals surface area contributed by atoms with Crippen LogP contribution >= 0.6 is 27.7 Å². The number of thioether (sulfide) groups is 1. The number of nitrogens with one attached hydrogen (secondary N) is 2. The molecular weight excluding hydrogens is 406 g/mol. The van der Waals surface area contributed by atoms with E-state index in [0.717, 1.165) is 15.5 Å². The summed E-state index contributed by atoms with van der Waals surface area (Å²) in [6, 6.07) is 12.3. The van der Waals surface area contributed by atoms with E-state index in [2.05, 4.69) is 36.0 Å². The molecule has 1 amide bonds. The number of halogens is 1. The zero-order chi connectivity index (χ0) is 17.8. The number of nitrogens with zero attached hydrogens (tertiary/aromatic N) is 1. The molecule has 3 rings (SSSR count). The Bertz CT molecular complexity index is 925. The second-order valence-electron chi connectivity index (χ2n) is 5.11. The molecule has 128 valence electrons. The number of amides is 1. The fraction of sp³-hybridized carbons (Fsp3) is 0.118. The molecule has 3 aromatic rings. The number of hydrogen-bond donors (Lipinski definition) is 2. The molecule has 1 aromatic heterocycles. The summed E-state index contributed by atoms with van der Waals surface area (Å²) in [5.74, 6) is -0.345. The summed E-state index contributed by atoms with van der Waals surface area (Å²) in [4.78, 5) is 31.0. The second kappa shape index (κ2) is 7.71. The molecule has 25 heavy (non-hydrogen) atoms. The Hall–Kier alpha value is -2.32. The normalized spacial score (nSPS) is 10.6. The van der Waals surface area contributed by atoms with Crippen molar-refractivity contribution in [3.8, 4) is 0 Å². The first-order chi connectivity index (χ1) is 12.0. The van der Waals surface area contributed by atoms with Crippen LogP contribution in [0, 0.1) is 0 Å². The molecule has 0 saturated carbocycles. The molecule has 0 bridgehead atoms. The van der Waals surface area contributed by atoms with Crippen molar-refractivity contribution >= 4 is 56.3 Å². The van der Waals surface area contributed by atoms with Crippen LogP contribution in [0.15, 0.2) is 52.1 Å². The lowest BCUT2D eigenvalue weighted by Gasteiger charge is -2.05. The van der Waals surface area contributed by atoms with Crippen molar-refractivity contribution in [2.75, 3.05) is 18.2 Å². The van der Waals surface area contributed by atoms with E-state index >= 15 is 0 Å². The fourth-order valence-electron chi connectivity index (χ4n) is 2.17. The molecule has 0 radical (unpaired) electrons. The minimum absolute atomic E-state index is 0.155. The molecule has 0 spiro atoms. The van der Waals surface area contributed by atoms with Crippen LogP contribution in [-0.4, -0.2) is 34.7 Å². The van der Waals surface area contributed by atoms with Crippen molar-refractivity contribution < 1.29 is 14.3 Å². The van der Waals surface area contributed by atoms with Crippen molar-refractivity contribution in [1.29, 1.82) is 0 Å². The van der Waals surface area contributed by atoms with Crippen molar-refractivity contribution in [2.45, 2.75) is 5.16 Å². The molecule has 0 aliphatic carbocycles. The molecule has 2 aromatic carbocycles. The van der Waals surface area contributed by atoms with Gasteiger partial charge in [-0.25, -0.2) is 9.78 Å². The molecule has 0 atom stereocenters. The largest absolute Gasteiger partial charge is 0.465 e. The number of benzene rings is 2. The number of hydrogen-bond acceptors (Lipinski definition) is 5. The number of aromatic amines is 1. The van der Waals surface area contributed by atoms with E-state index in [1.54, 1.807) is 24.3 Å². The topological polar surface area (TPSA) is 84.1 Å². The van der Waals surface area contributed by atoms with Gasteiger partial charge in [0.25, 0.3) is 0 Å². The third-order valence-corrected chi connectivity index (χ3v) is 4.72. The van der Waals surface area contributed by atoms with Crippen LogP contribution in [0.5, 0.6) is 0 Å². The van der Waals surface area contributed by atoms with Crippen LogP contribution < -0.4 is 5.32 Å².